The standard InChI is InChI=1S/C20H26O2/c1-19(2)13-9-15(19)17(21)7-11(13)5-6-12-8-18(22)16-10-14(12)20(16,3)4/h7-8,13-16H,5-6,9-10H2,1-4H3/t13-,14-,15+,16+/m1/s1. The van der Waals surface area contributed by atoms with Crippen LogP contribution in [0.25, 0.3) is 0 Å². The minimum atomic E-state index is 0.152. The van der Waals surface area contributed by atoms with E-state index in [9.17, 15) is 9.59 Å². The quantitative estimate of drug-likeness (QED) is 0.786. The highest BCUT2D eigenvalue weighted by atomic mass is 16.1. The maximum absolute atomic E-state index is 12.2. The van der Waals surface area contributed by atoms with Crippen LogP contribution in [0.4, 0.5) is 0 Å². The first kappa shape index (κ1) is 14.4. The van der Waals surface area contributed by atoms with Crippen LogP contribution in [0.15, 0.2) is 23.3 Å². The fourth-order valence-corrected chi connectivity index (χ4v) is 5.62. The molecule has 0 amide bonds. The third kappa shape index (κ3) is 1.67. The molecule has 0 aliphatic heterocycles. The molecule has 0 unspecified atom stereocenters. The van der Waals surface area contributed by atoms with Crippen LogP contribution in [0.1, 0.15) is 53.4 Å². The molecule has 6 rings (SSSR count). The largest absolute Gasteiger partial charge is 0.295 e. The number of ketones is 2. The van der Waals surface area contributed by atoms with Gasteiger partial charge < -0.3 is 0 Å². The molecule has 0 heterocycles. The molecule has 4 atom stereocenters. The Labute approximate surface area is 133 Å². The van der Waals surface area contributed by atoms with Crippen molar-refractivity contribution >= 4 is 11.6 Å². The molecule has 0 aromatic rings. The lowest BCUT2D eigenvalue weighted by Crippen LogP contribution is -2.53. The van der Waals surface area contributed by atoms with Crippen molar-refractivity contribution in [1.29, 1.82) is 0 Å². The molecule has 2 saturated carbocycles. The Hall–Kier alpha value is -1.18. The monoisotopic (exact) mass is 298 g/mol. The number of carbonyl (C=O) groups excluding carboxylic acids is 2. The first-order chi connectivity index (χ1) is 10.2. The summed E-state index contributed by atoms with van der Waals surface area (Å²) in [5.41, 5.74) is 2.98. The molecule has 0 aromatic carbocycles. The van der Waals surface area contributed by atoms with Crippen LogP contribution in [-0.2, 0) is 9.59 Å². The summed E-state index contributed by atoms with van der Waals surface area (Å²) in [6.07, 6.45) is 7.86. The van der Waals surface area contributed by atoms with E-state index in [0.29, 0.717) is 23.4 Å². The summed E-state index contributed by atoms with van der Waals surface area (Å²) >= 11 is 0. The van der Waals surface area contributed by atoms with Crippen LogP contribution >= 0.6 is 0 Å². The highest BCUT2D eigenvalue weighted by Crippen LogP contribution is 2.61. The minimum absolute atomic E-state index is 0.152. The number of allylic oxidation sites excluding steroid dienone is 4. The van der Waals surface area contributed by atoms with E-state index < -0.39 is 0 Å². The van der Waals surface area contributed by atoms with Crippen LogP contribution in [0.5, 0.6) is 0 Å². The van der Waals surface area contributed by atoms with Crippen molar-refractivity contribution in [2.24, 2.45) is 34.5 Å². The van der Waals surface area contributed by atoms with Crippen LogP contribution in [0.3, 0.4) is 0 Å². The topological polar surface area (TPSA) is 34.1 Å². The summed E-state index contributed by atoms with van der Waals surface area (Å²) < 4.78 is 0. The average molecular weight is 298 g/mol. The van der Waals surface area contributed by atoms with Gasteiger partial charge in [0.05, 0.1) is 0 Å². The fraction of sp³-hybridized carbons (Fsp3) is 0.700. The molecular formula is C20H26O2. The Balaban J connectivity index is 1.50. The Bertz CT molecular complexity index is 576. The van der Waals surface area contributed by atoms with Gasteiger partial charge in [0.25, 0.3) is 0 Å². The van der Waals surface area contributed by atoms with E-state index in [-0.39, 0.29) is 22.7 Å². The van der Waals surface area contributed by atoms with Crippen LogP contribution < -0.4 is 0 Å². The molecule has 2 heteroatoms. The van der Waals surface area contributed by atoms with Gasteiger partial charge in [-0.3, -0.25) is 9.59 Å². The van der Waals surface area contributed by atoms with Crippen molar-refractivity contribution in [2.45, 2.75) is 53.4 Å². The van der Waals surface area contributed by atoms with Gasteiger partial charge in [0.1, 0.15) is 0 Å². The molecule has 0 spiro atoms. The molecule has 2 nitrogen and oxygen atoms in total. The van der Waals surface area contributed by atoms with Gasteiger partial charge in [-0.1, -0.05) is 38.8 Å². The van der Waals surface area contributed by atoms with Gasteiger partial charge >= 0.3 is 0 Å². The molecule has 0 N–H and O–H groups in total. The lowest BCUT2D eigenvalue weighted by atomic mass is 9.47. The number of rotatable bonds is 3. The van der Waals surface area contributed by atoms with Crippen molar-refractivity contribution in [3.8, 4) is 0 Å². The third-order valence-corrected chi connectivity index (χ3v) is 7.47. The van der Waals surface area contributed by atoms with E-state index >= 15 is 0 Å². The molecule has 6 aliphatic rings. The Morgan fingerprint density at radius 3 is 1.41 bits per heavy atom. The second-order valence-corrected chi connectivity index (χ2v) is 9.07. The fourth-order valence-electron chi connectivity index (χ4n) is 5.62. The number of fused-ring (bicyclic) bond motifs is 2. The first-order valence-corrected chi connectivity index (χ1v) is 8.71. The molecule has 22 heavy (non-hydrogen) atoms. The minimum Gasteiger partial charge on any atom is -0.295 e. The number of hydrogen-bond acceptors (Lipinski definition) is 2. The van der Waals surface area contributed by atoms with E-state index in [1.807, 2.05) is 12.2 Å². The van der Waals surface area contributed by atoms with Gasteiger partial charge in [0.2, 0.25) is 0 Å². The SMILES string of the molecule is CC1(C)[C@@H]2C[C@H]1C(=O)C=C2CCC1=CC(=O)[C@@H]2C[C@H]1C2(C)C. The number of hydrogen-bond donors (Lipinski definition) is 0. The summed E-state index contributed by atoms with van der Waals surface area (Å²) in [6, 6.07) is 0. The zero-order chi connectivity index (χ0) is 15.9. The molecule has 6 aliphatic carbocycles. The maximum Gasteiger partial charge on any atom is 0.159 e. The van der Waals surface area contributed by atoms with Crippen molar-refractivity contribution < 1.29 is 9.59 Å². The zero-order valence-electron chi connectivity index (χ0n) is 14.1. The smallest absolute Gasteiger partial charge is 0.159 e. The van der Waals surface area contributed by atoms with Gasteiger partial charge in [-0.25, -0.2) is 0 Å². The second kappa shape index (κ2) is 4.21. The van der Waals surface area contributed by atoms with Crippen LogP contribution in [0.2, 0.25) is 0 Å². The van der Waals surface area contributed by atoms with Crippen LogP contribution in [-0.4, -0.2) is 11.6 Å². The maximum atomic E-state index is 12.2. The van der Waals surface area contributed by atoms with Crippen molar-refractivity contribution in [3.05, 3.63) is 23.3 Å². The number of carbonyl (C=O) groups is 2. The zero-order valence-corrected chi connectivity index (χ0v) is 14.1. The van der Waals surface area contributed by atoms with Gasteiger partial charge in [-0.05, 0) is 60.5 Å². The van der Waals surface area contributed by atoms with Crippen molar-refractivity contribution in [2.75, 3.05) is 0 Å². The van der Waals surface area contributed by atoms with Gasteiger partial charge in [-0.15, -0.1) is 0 Å². The highest BCUT2D eigenvalue weighted by molar-refractivity contribution is 5.96. The summed E-state index contributed by atoms with van der Waals surface area (Å²) in [5, 5.41) is 0. The molecule has 118 valence electrons. The lowest BCUT2D eigenvalue weighted by molar-refractivity contribution is -0.135. The second-order valence-electron chi connectivity index (χ2n) is 9.07. The van der Waals surface area contributed by atoms with Crippen LogP contribution in [0, 0.1) is 34.5 Å². The summed E-state index contributed by atoms with van der Waals surface area (Å²) in [4.78, 5) is 24.4. The third-order valence-electron chi connectivity index (χ3n) is 7.47. The lowest BCUT2D eigenvalue weighted by Gasteiger charge is -2.56. The summed E-state index contributed by atoms with van der Waals surface area (Å²) in [6.45, 7) is 8.94. The normalized spacial score (nSPS) is 40.4. The molecule has 4 bridgehead atoms. The van der Waals surface area contributed by atoms with Crippen molar-refractivity contribution in [3.63, 3.8) is 0 Å². The van der Waals surface area contributed by atoms with Gasteiger partial charge in [0.15, 0.2) is 11.6 Å². The van der Waals surface area contributed by atoms with Gasteiger partial charge in [-0.2, -0.15) is 0 Å². The van der Waals surface area contributed by atoms with Crippen molar-refractivity contribution in [1.82, 2.24) is 0 Å². The molecule has 0 aromatic heterocycles. The predicted molar refractivity (Wildman–Crippen MR) is 86.2 cm³/mol. The first-order valence-electron chi connectivity index (χ1n) is 8.71. The molecule has 0 saturated heterocycles. The van der Waals surface area contributed by atoms with E-state index in [1.54, 1.807) is 0 Å². The summed E-state index contributed by atoms with van der Waals surface area (Å²) in [5.74, 6) is 2.33. The average Bonchev–Trinajstić information content (AvgIpc) is 2.42. The Morgan fingerprint density at radius 1 is 0.773 bits per heavy atom. The summed E-state index contributed by atoms with van der Waals surface area (Å²) in [7, 11) is 0. The van der Waals surface area contributed by atoms with E-state index in [0.717, 1.165) is 25.7 Å². The molecule has 0 radical (unpaired) electrons. The molecular weight excluding hydrogens is 272 g/mol. The Kier molecular flexibility index (Phi) is 2.76. The Morgan fingerprint density at radius 2 is 1.14 bits per heavy atom. The predicted octanol–water partition coefficient (Wildman–Crippen LogP) is 4.11. The van der Waals surface area contributed by atoms with E-state index in [2.05, 4.69) is 27.7 Å². The highest BCUT2D eigenvalue weighted by Gasteiger charge is 2.56. The van der Waals surface area contributed by atoms with Gasteiger partial charge in [0, 0.05) is 11.8 Å². The molecule has 2 fully saturated rings. The van der Waals surface area contributed by atoms with E-state index in [4.69, 9.17) is 0 Å². The van der Waals surface area contributed by atoms with E-state index in [1.165, 1.54) is 11.1 Å².